The second-order valence-electron chi connectivity index (χ2n) is 6.00. The maximum absolute atomic E-state index is 11.9. The highest BCUT2D eigenvalue weighted by Crippen LogP contribution is 2.06. The average Bonchev–Trinajstić information content (AvgIpc) is 2.42. The number of amides is 3. The van der Waals surface area contributed by atoms with Gasteiger partial charge in [-0.2, -0.15) is 0 Å². The van der Waals surface area contributed by atoms with Crippen LogP contribution in [0.3, 0.4) is 0 Å². The third-order valence-electron chi connectivity index (χ3n) is 2.68. The molecule has 0 atom stereocenters. The Balaban J connectivity index is 2.21. The molecule has 0 unspecified atom stereocenters. The third-order valence-corrected chi connectivity index (χ3v) is 2.68. The molecule has 0 bridgehead atoms. The highest BCUT2D eigenvalue weighted by atomic mass is 16.6. The van der Waals surface area contributed by atoms with Gasteiger partial charge in [0.05, 0.1) is 0 Å². The first-order valence-corrected chi connectivity index (χ1v) is 7.27. The van der Waals surface area contributed by atoms with Gasteiger partial charge in [0, 0.05) is 26.7 Å². The van der Waals surface area contributed by atoms with Crippen molar-refractivity contribution in [3.8, 4) is 0 Å². The Labute approximate surface area is 131 Å². The monoisotopic (exact) mass is 307 g/mol. The fourth-order valence-electron chi connectivity index (χ4n) is 1.71. The summed E-state index contributed by atoms with van der Waals surface area (Å²) in [5.74, 6) is 0. The predicted molar refractivity (Wildman–Crippen MR) is 85.5 cm³/mol. The van der Waals surface area contributed by atoms with Crippen LogP contribution in [0.5, 0.6) is 0 Å². The van der Waals surface area contributed by atoms with Crippen LogP contribution in [0.2, 0.25) is 0 Å². The van der Waals surface area contributed by atoms with Gasteiger partial charge < -0.3 is 20.3 Å². The van der Waals surface area contributed by atoms with Gasteiger partial charge in [-0.15, -0.1) is 0 Å². The van der Waals surface area contributed by atoms with Crippen LogP contribution in [0.4, 0.5) is 9.59 Å². The summed E-state index contributed by atoms with van der Waals surface area (Å²) in [6.07, 6.45) is -0.487. The van der Waals surface area contributed by atoms with E-state index in [4.69, 9.17) is 4.74 Å². The Morgan fingerprint density at radius 3 is 2.27 bits per heavy atom. The number of carbonyl (C=O) groups excluding carboxylic acids is 2. The molecule has 0 spiro atoms. The molecule has 0 aliphatic heterocycles. The molecule has 6 nitrogen and oxygen atoms in total. The highest BCUT2D eigenvalue weighted by Gasteiger charge is 2.15. The Morgan fingerprint density at radius 1 is 1.09 bits per heavy atom. The maximum atomic E-state index is 11.9. The molecule has 3 amide bonds. The van der Waals surface area contributed by atoms with Gasteiger partial charge in [0.2, 0.25) is 0 Å². The Kier molecular flexibility index (Phi) is 6.69. The van der Waals surface area contributed by atoms with Crippen molar-refractivity contribution in [3.05, 3.63) is 35.9 Å². The first kappa shape index (κ1) is 17.8. The van der Waals surface area contributed by atoms with Crippen LogP contribution in [-0.4, -0.2) is 42.8 Å². The summed E-state index contributed by atoms with van der Waals surface area (Å²) in [4.78, 5) is 24.9. The Bertz CT molecular complexity index is 483. The first-order chi connectivity index (χ1) is 10.3. The normalized spacial score (nSPS) is 10.7. The van der Waals surface area contributed by atoms with Gasteiger partial charge in [-0.25, -0.2) is 9.59 Å². The number of ether oxygens (including phenoxy) is 1. The molecule has 22 heavy (non-hydrogen) atoms. The van der Waals surface area contributed by atoms with Crippen molar-refractivity contribution in [1.82, 2.24) is 15.5 Å². The second-order valence-corrected chi connectivity index (χ2v) is 6.00. The summed E-state index contributed by atoms with van der Waals surface area (Å²) < 4.78 is 5.10. The highest BCUT2D eigenvalue weighted by molar-refractivity contribution is 5.74. The van der Waals surface area contributed by atoms with Crippen LogP contribution in [0.25, 0.3) is 0 Å². The van der Waals surface area contributed by atoms with E-state index < -0.39 is 11.7 Å². The van der Waals surface area contributed by atoms with Gasteiger partial charge in [-0.05, 0) is 26.3 Å². The zero-order valence-corrected chi connectivity index (χ0v) is 13.7. The Morgan fingerprint density at radius 2 is 1.68 bits per heavy atom. The SMILES string of the molecule is CN(Cc1ccccc1)C(=O)NCCNC(=O)OC(C)(C)C. The van der Waals surface area contributed by atoms with Crippen LogP contribution >= 0.6 is 0 Å². The first-order valence-electron chi connectivity index (χ1n) is 7.27. The van der Waals surface area contributed by atoms with Crippen molar-refractivity contribution >= 4 is 12.1 Å². The van der Waals surface area contributed by atoms with E-state index in [1.807, 2.05) is 30.3 Å². The van der Waals surface area contributed by atoms with Gasteiger partial charge in [-0.1, -0.05) is 30.3 Å². The number of rotatable bonds is 5. The molecular weight excluding hydrogens is 282 g/mol. The number of alkyl carbamates (subject to hydrolysis) is 1. The lowest BCUT2D eigenvalue weighted by Crippen LogP contribution is -2.42. The summed E-state index contributed by atoms with van der Waals surface area (Å²) >= 11 is 0. The molecule has 6 heteroatoms. The van der Waals surface area contributed by atoms with Crippen LogP contribution in [-0.2, 0) is 11.3 Å². The molecule has 0 aliphatic carbocycles. The smallest absolute Gasteiger partial charge is 0.407 e. The average molecular weight is 307 g/mol. The second kappa shape index (κ2) is 8.26. The van der Waals surface area contributed by atoms with Crippen molar-refractivity contribution in [1.29, 1.82) is 0 Å². The maximum Gasteiger partial charge on any atom is 0.407 e. The Hall–Kier alpha value is -2.24. The number of urea groups is 1. The largest absolute Gasteiger partial charge is 0.444 e. The molecule has 0 radical (unpaired) electrons. The van der Waals surface area contributed by atoms with E-state index in [9.17, 15) is 9.59 Å². The van der Waals surface area contributed by atoms with E-state index >= 15 is 0 Å². The van der Waals surface area contributed by atoms with E-state index in [0.29, 0.717) is 19.6 Å². The number of nitrogens with one attached hydrogen (secondary N) is 2. The number of benzene rings is 1. The lowest BCUT2D eigenvalue weighted by atomic mass is 10.2. The molecule has 0 aliphatic rings. The molecule has 1 rings (SSSR count). The molecule has 122 valence electrons. The topological polar surface area (TPSA) is 70.7 Å². The minimum Gasteiger partial charge on any atom is -0.444 e. The minimum atomic E-state index is -0.525. The summed E-state index contributed by atoms with van der Waals surface area (Å²) in [6.45, 7) is 6.59. The van der Waals surface area contributed by atoms with Crippen molar-refractivity contribution < 1.29 is 14.3 Å². The van der Waals surface area contributed by atoms with Crippen molar-refractivity contribution in [2.75, 3.05) is 20.1 Å². The summed E-state index contributed by atoms with van der Waals surface area (Å²) in [6, 6.07) is 9.56. The van der Waals surface area contributed by atoms with Gasteiger partial charge >= 0.3 is 12.1 Å². The van der Waals surface area contributed by atoms with E-state index in [1.54, 1.807) is 32.7 Å². The standard InChI is InChI=1S/C16H25N3O3/c1-16(2,3)22-15(21)18-11-10-17-14(20)19(4)12-13-8-6-5-7-9-13/h5-9H,10-12H2,1-4H3,(H,17,20)(H,18,21). The van der Waals surface area contributed by atoms with Gasteiger partial charge in [0.1, 0.15) is 5.60 Å². The van der Waals surface area contributed by atoms with Gasteiger partial charge in [0.15, 0.2) is 0 Å². The molecule has 0 aromatic heterocycles. The summed E-state index contributed by atoms with van der Waals surface area (Å²) in [5.41, 5.74) is 0.537. The molecule has 1 aromatic rings. The lowest BCUT2D eigenvalue weighted by molar-refractivity contribution is 0.0528. The summed E-state index contributed by atoms with van der Waals surface area (Å²) in [7, 11) is 1.73. The van der Waals surface area contributed by atoms with Crippen LogP contribution in [0.15, 0.2) is 30.3 Å². The van der Waals surface area contributed by atoms with Gasteiger partial charge in [0.25, 0.3) is 0 Å². The molecule has 0 saturated carbocycles. The molecule has 1 aromatic carbocycles. The van der Waals surface area contributed by atoms with Crippen molar-refractivity contribution in [2.24, 2.45) is 0 Å². The molecular formula is C16H25N3O3. The van der Waals surface area contributed by atoms with E-state index in [-0.39, 0.29) is 6.03 Å². The number of carbonyl (C=O) groups is 2. The van der Waals surface area contributed by atoms with E-state index in [1.165, 1.54) is 0 Å². The van der Waals surface area contributed by atoms with Crippen LogP contribution < -0.4 is 10.6 Å². The zero-order chi connectivity index (χ0) is 16.6. The molecule has 0 heterocycles. The molecule has 0 saturated heterocycles. The van der Waals surface area contributed by atoms with E-state index in [0.717, 1.165) is 5.56 Å². The summed E-state index contributed by atoms with van der Waals surface area (Å²) in [5, 5.41) is 5.33. The number of hydrogen-bond acceptors (Lipinski definition) is 3. The number of hydrogen-bond donors (Lipinski definition) is 2. The number of nitrogens with zero attached hydrogens (tertiary/aromatic N) is 1. The lowest BCUT2D eigenvalue weighted by Gasteiger charge is -2.20. The molecule has 2 N–H and O–H groups in total. The van der Waals surface area contributed by atoms with E-state index in [2.05, 4.69) is 10.6 Å². The van der Waals surface area contributed by atoms with Gasteiger partial charge in [-0.3, -0.25) is 0 Å². The third kappa shape index (κ3) is 7.52. The predicted octanol–water partition coefficient (Wildman–Crippen LogP) is 2.35. The zero-order valence-electron chi connectivity index (χ0n) is 13.7. The van der Waals surface area contributed by atoms with Crippen molar-refractivity contribution in [2.45, 2.75) is 32.9 Å². The minimum absolute atomic E-state index is 0.185. The van der Waals surface area contributed by atoms with Crippen LogP contribution in [0, 0.1) is 0 Å². The quantitative estimate of drug-likeness (QED) is 0.820. The molecule has 0 fully saturated rings. The van der Waals surface area contributed by atoms with Crippen LogP contribution in [0.1, 0.15) is 26.3 Å². The fourth-order valence-corrected chi connectivity index (χ4v) is 1.71. The fraction of sp³-hybridized carbons (Fsp3) is 0.500. The van der Waals surface area contributed by atoms with Crippen molar-refractivity contribution in [3.63, 3.8) is 0 Å².